The van der Waals surface area contributed by atoms with Crippen molar-refractivity contribution in [1.82, 2.24) is 0 Å². The van der Waals surface area contributed by atoms with E-state index >= 15 is 0 Å². The molecule has 0 aliphatic heterocycles. The van der Waals surface area contributed by atoms with Gasteiger partial charge < -0.3 is 4.52 Å². The van der Waals surface area contributed by atoms with Gasteiger partial charge in [-0.25, -0.2) is 0 Å². The molecule has 0 fully saturated rings. The van der Waals surface area contributed by atoms with Crippen LogP contribution in [0.25, 0.3) is 0 Å². The summed E-state index contributed by atoms with van der Waals surface area (Å²) in [6.07, 6.45) is 23.5. The lowest BCUT2D eigenvalue weighted by atomic mass is 10.2. The van der Waals surface area contributed by atoms with Crippen molar-refractivity contribution in [2.45, 2.75) is 117 Å². The van der Waals surface area contributed by atoms with Gasteiger partial charge in [-0.2, -0.15) is 0 Å². The second-order valence-electron chi connectivity index (χ2n) is 7.00. The summed E-state index contributed by atoms with van der Waals surface area (Å²) in [6.45, 7) is 7.90. The Morgan fingerprint density at radius 2 is 0.870 bits per heavy atom. The van der Waals surface area contributed by atoms with Gasteiger partial charge in [0.15, 0.2) is 0 Å². The minimum Gasteiger partial charge on any atom is -0.359 e. The van der Waals surface area contributed by atoms with Crippen LogP contribution in [0.3, 0.4) is 0 Å². The normalized spacial score (nSPS) is 11.5. The Morgan fingerprint density at radius 3 is 1.30 bits per heavy atom. The highest BCUT2D eigenvalue weighted by molar-refractivity contribution is 7.52. The summed E-state index contributed by atoms with van der Waals surface area (Å²) in [5, 5.41) is 0. The fraction of sp³-hybridized carbons (Fsp3) is 1.00. The third-order valence-electron chi connectivity index (χ3n) is 4.54. The third-order valence-corrected chi connectivity index (χ3v) is 6.72. The van der Waals surface area contributed by atoms with Gasteiger partial charge in [-0.15, -0.1) is 0 Å². The Morgan fingerprint density at radius 1 is 0.478 bits per heavy atom. The first kappa shape index (κ1) is 23.4. The number of unbranched alkanes of at least 4 members (excludes halogenated alkanes) is 12. The van der Waals surface area contributed by atoms with Gasteiger partial charge in [-0.1, -0.05) is 97.8 Å². The van der Waals surface area contributed by atoms with Gasteiger partial charge in [0.05, 0.1) is 6.61 Å². The van der Waals surface area contributed by atoms with Crippen LogP contribution in [0.2, 0.25) is 0 Å². The van der Waals surface area contributed by atoms with Crippen molar-refractivity contribution in [2.75, 3.05) is 18.9 Å². The van der Waals surface area contributed by atoms with Crippen molar-refractivity contribution in [1.29, 1.82) is 0 Å². The first-order chi connectivity index (χ1) is 11.3. The van der Waals surface area contributed by atoms with E-state index in [4.69, 9.17) is 4.52 Å². The Bertz CT molecular complexity index is 194. The van der Waals surface area contributed by atoms with Crippen LogP contribution >= 0.6 is 8.15 Å². The molecule has 0 bridgehead atoms. The van der Waals surface area contributed by atoms with E-state index in [0.29, 0.717) is 0 Å². The largest absolute Gasteiger partial charge is 0.359 e. The zero-order valence-corrected chi connectivity index (χ0v) is 17.5. The van der Waals surface area contributed by atoms with Gasteiger partial charge in [0.1, 0.15) is 0 Å². The molecule has 140 valence electrons. The molecule has 23 heavy (non-hydrogen) atoms. The summed E-state index contributed by atoms with van der Waals surface area (Å²) >= 11 is 0. The Balaban J connectivity index is 3.73. The molecule has 2 heteroatoms. The molecule has 0 unspecified atom stereocenters. The fourth-order valence-corrected chi connectivity index (χ4v) is 4.95. The molecule has 0 saturated heterocycles. The van der Waals surface area contributed by atoms with Crippen LogP contribution in [0.5, 0.6) is 0 Å². The van der Waals surface area contributed by atoms with Gasteiger partial charge in [-0.3, -0.25) is 0 Å². The maximum Gasteiger partial charge on any atom is 0.0508 e. The molecule has 1 nitrogen and oxygen atoms in total. The van der Waals surface area contributed by atoms with Crippen LogP contribution in [-0.4, -0.2) is 18.9 Å². The molecule has 0 radical (unpaired) electrons. The Hall–Kier alpha value is 0.390. The lowest BCUT2D eigenvalue weighted by molar-refractivity contribution is 0.334. The summed E-state index contributed by atoms with van der Waals surface area (Å²) in [5.74, 6) is 0. The Kier molecular flexibility index (Phi) is 20.8. The van der Waals surface area contributed by atoms with Crippen molar-refractivity contribution >= 4 is 8.15 Å². The SMILES string of the molecule is CCCCCCCOP(CCCCCCC)CCCCCCC. The first-order valence-electron chi connectivity index (χ1n) is 10.7. The maximum atomic E-state index is 6.30. The van der Waals surface area contributed by atoms with E-state index in [1.54, 1.807) is 0 Å². The van der Waals surface area contributed by atoms with Crippen LogP contribution in [0.15, 0.2) is 0 Å². The van der Waals surface area contributed by atoms with Gasteiger partial charge in [0, 0.05) is 8.15 Å². The molecule has 0 spiro atoms. The minimum atomic E-state index is -0.127. The highest BCUT2D eigenvalue weighted by Crippen LogP contribution is 2.39. The first-order valence-corrected chi connectivity index (χ1v) is 12.4. The van der Waals surface area contributed by atoms with E-state index in [2.05, 4.69) is 20.8 Å². The molecule has 0 aliphatic carbocycles. The number of rotatable bonds is 19. The predicted octanol–water partition coefficient (Wildman–Crippen LogP) is 8.31. The smallest absolute Gasteiger partial charge is 0.0508 e. The summed E-state index contributed by atoms with van der Waals surface area (Å²) in [7, 11) is -0.127. The standard InChI is InChI=1S/C21H45OP/c1-4-7-10-13-16-19-22-23(20-17-14-11-8-5-2)21-18-15-12-9-6-3/h4-21H2,1-3H3. The van der Waals surface area contributed by atoms with E-state index in [-0.39, 0.29) is 8.15 Å². The van der Waals surface area contributed by atoms with E-state index in [1.807, 2.05) is 0 Å². The van der Waals surface area contributed by atoms with Crippen molar-refractivity contribution < 1.29 is 4.52 Å². The lowest BCUT2D eigenvalue weighted by Crippen LogP contribution is -1.98. The molecule has 0 saturated carbocycles. The molecule has 0 aromatic heterocycles. The van der Waals surface area contributed by atoms with Crippen molar-refractivity contribution in [3.8, 4) is 0 Å². The molecule has 0 N–H and O–H groups in total. The molecule has 0 heterocycles. The molecule has 0 rings (SSSR count). The van der Waals surface area contributed by atoms with Crippen LogP contribution in [0, 0.1) is 0 Å². The molecule has 0 atom stereocenters. The fourth-order valence-electron chi connectivity index (χ4n) is 2.92. The molecule has 0 aromatic carbocycles. The van der Waals surface area contributed by atoms with Gasteiger partial charge in [0.2, 0.25) is 0 Å². The van der Waals surface area contributed by atoms with E-state index < -0.39 is 0 Å². The van der Waals surface area contributed by atoms with Crippen LogP contribution in [0.1, 0.15) is 117 Å². The average molecular weight is 345 g/mol. The zero-order valence-electron chi connectivity index (χ0n) is 16.6. The van der Waals surface area contributed by atoms with Crippen molar-refractivity contribution in [3.05, 3.63) is 0 Å². The molecular weight excluding hydrogens is 299 g/mol. The highest BCUT2D eigenvalue weighted by atomic mass is 31.1. The molecule has 0 aliphatic rings. The maximum absolute atomic E-state index is 6.30. The third kappa shape index (κ3) is 18.6. The molecule has 0 aromatic rings. The van der Waals surface area contributed by atoms with Crippen LogP contribution in [0.4, 0.5) is 0 Å². The molecule has 0 amide bonds. The summed E-state index contributed by atoms with van der Waals surface area (Å²) < 4.78 is 6.30. The lowest BCUT2D eigenvalue weighted by Gasteiger charge is -2.18. The van der Waals surface area contributed by atoms with Crippen molar-refractivity contribution in [3.63, 3.8) is 0 Å². The van der Waals surface area contributed by atoms with Gasteiger partial charge >= 0.3 is 0 Å². The molecular formula is C21H45OP. The summed E-state index contributed by atoms with van der Waals surface area (Å²) in [4.78, 5) is 0. The topological polar surface area (TPSA) is 9.23 Å². The van der Waals surface area contributed by atoms with Crippen LogP contribution < -0.4 is 0 Å². The quantitative estimate of drug-likeness (QED) is 0.169. The monoisotopic (exact) mass is 344 g/mol. The number of hydrogen-bond acceptors (Lipinski definition) is 1. The average Bonchev–Trinajstić information content (AvgIpc) is 2.56. The predicted molar refractivity (Wildman–Crippen MR) is 109 cm³/mol. The summed E-state index contributed by atoms with van der Waals surface area (Å²) in [5.41, 5.74) is 0. The summed E-state index contributed by atoms with van der Waals surface area (Å²) in [6, 6.07) is 0. The van der Waals surface area contributed by atoms with Crippen molar-refractivity contribution in [2.24, 2.45) is 0 Å². The minimum absolute atomic E-state index is 0.127. The zero-order chi connectivity index (χ0) is 17.0. The van der Waals surface area contributed by atoms with Crippen LogP contribution in [-0.2, 0) is 4.52 Å². The second-order valence-corrected chi connectivity index (χ2v) is 9.12. The highest BCUT2D eigenvalue weighted by Gasteiger charge is 2.08. The van der Waals surface area contributed by atoms with E-state index in [9.17, 15) is 0 Å². The van der Waals surface area contributed by atoms with Gasteiger partial charge in [-0.05, 0) is 31.6 Å². The van der Waals surface area contributed by atoms with E-state index in [0.717, 1.165) is 6.61 Å². The van der Waals surface area contributed by atoms with Gasteiger partial charge in [0.25, 0.3) is 0 Å². The Labute approximate surface area is 149 Å². The number of hydrogen-bond donors (Lipinski definition) is 0. The second kappa shape index (κ2) is 20.4. The van der Waals surface area contributed by atoms with E-state index in [1.165, 1.54) is 109 Å².